The van der Waals surface area contributed by atoms with Gasteiger partial charge in [0.2, 0.25) is 5.91 Å². The number of carbonyl (C=O) groups excluding carboxylic acids is 1. The number of aliphatic hydroxyl groups excluding tert-OH is 1. The van der Waals surface area contributed by atoms with E-state index in [-0.39, 0.29) is 17.9 Å². The predicted molar refractivity (Wildman–Crippen MR) is 128 cm³/mol. The van der Waals surface area contributed by atoms with E-state index in [9.17, 15) is 9.90 Å². The largest absolute Gasteiger partial charge is 0.497 e. The van der Waals surface area contributed by atoms with Crippen molar-refractivity contribution in [2.45, 2.75) is 57.6 Å². The normalized spacial score (nSPS) is 20.3. The summed E-state index contributed by atoms with van der Waals surface area (Å²) in [5, 5.41) is 15.2. The molecule has 1 saturated heterocycles. The number of methoxy groups -OCH3 is 1. The van der Waals surface area contributed by atoms with E-state index >= 15 is 0 Å². The average Bonchev–Trinajstić information content (AvgIpc) is 2.81. The standard InChI is InChI=1S/C25H38N4O3/c1-3-4-5-6-7-13-29-14-11-23(21(17-29)25(26)31)28-16-24(30)19-10-12-27-22-9-8-18(32-2)15-20(19)22/h8-10,12,15,21,23-24,28,30H,3-7,11,13-14,16-17H2,1-2H3,(H2,26,31)/t21?,23?,24-/m0/s1. The number of nitrogens with zero attached hydrogens (tertiary/aromatic N) is 2. The van der Waals surface area contributed by atoms with E-state index in [0.717, 1.165) is 41.7 Å². The third-order valence-corrected chi connectivity index (χ3v) is 6.56. The SMILES string of the molecule is CCCCCCCN1CCC(NC[C@H](O)c2ccnc3ccc(OC)cc23)C(C(N)=O)C1. The highest BCUT2D eigenvalue weighted by atomic mass is 16.5. The Kier molecular flexibility index (Phi) is 9.26. The number of ether oxygens (including phenoxy) is 1. The third-order valence-electron chi connectivity index (χ3n) is 6.56. The van der Waals surface area contributed by atoms with Crippen LogP contribution in [0, 0.1) is 5.92 Å². The lowest BCUT2D eigenvalue weighted by molar-refractivity contribution is -0.124. The Morgan fingerprint density at radius 2 is 2.12 bits per heavy atom. The zero-order valence-electron chi connectivity index (χ0n) is 19.4. The van der Waals surface area contributed by atoms with Gasteiger partial charge in [-0.25, -0.2) is 0 Å². The summed E-state index contributed by atoms with van der Waals surface area (Å²) in [6.07, 6.45) is 8.05. The van der Waals surface area contributed by atoms with Crippen molar-refractivity contribution in [1.29, 1.82) is 0 Å². The number of carbonyl (C=O) groups is 1. The van der Waals surface area contributed by atoms with E-state index in [1.807, 2.05) is 24.3 Å². The van der Waals surface area contributed by atoms with Gasteiger partial charge in [-0.05, 0) is 55.8 Å². The van der Waals surface area contributed by atoms with E-state index in [2.05, 4.69) is 22.1 Å². The molecule has 1 aromatic heterocycles. The summed E-state index contributed by atoms with van der Waals surface area (Å²) in [7, 11) is 1.62. The molecular weight excluding hydrogens is 404 g/mol. The molecule has 1 aliphatic heterocycles. The summed E-state index contributed by atoms with van der Waals surface area (Å²) < 4.78 is 5.33. The zero-order chi connectivity index (χ0) is 22.9. The Bertz CT molecular complexity index is 875. The van der Waals surface area contributed by atoms with Crippen LogP contribution in [0.15, 0.2) is 30.5 Å². The summed E-state index contributed by atoms with van der Waals surface area (Å²) in [4.78, 5) is 18.9. The molecule has 32 heavy (non-hydrogen) atoms. The van der Waals surface area contributed by atoms with Gasteiger partial charge in [-0.15, -0.1) is 0 Å². The van der Waals surface area contributed by atoms with Crippen molar-refractivity contribution in [3.8, 4) is 5.75 Å². The first-order valence-corrected chi connectivity index (χ1v) is 11.9. The number of nitrogens with two attached hydrogens (primary N) is 1. The molecular formula is C25H38N4O3. The zero-order valence-corrected chi connectivity index (χ0v) is 19.4. The van der Waals surface area contributed by atoms with Gasteiger partial charge in [0.05, 0.1) is 24.6 Å². The van der Waals surface area contributed by atoms with Crippen molar-refractivity contribution >= 4 is 16.8 Å². The number of nitrogens with one attached hydrogen (secondary N) is 1. The number of pyridine rings is 1. The second kappa shape index (κ2) is 12.1. The lowest BCUT2D eigenvalue weighted by Gasteiger charge is -2.38. The van der Waals surface area contributed by atoms with Gasteiger partial charge in [0.1, 0.15) is 5.75 Å². The molecule has 1 aromatic carbocycles. The Morgan fingerprint density at radius 1 is 1.31 bits per heavy atom. The molecule has 7 heteroatoms. The fourth-order valence-corrected chi connectivity index (χ4v) is 4.63. The molecule has 2 unspecified atom stereocenters. The maximum Gasteiger partial charge on any atom is 0.223 e. The number of amides is 1. The molecule has 2 aromatic rings. The number of hydrogen-bond acceptors (Lipinski definition) is 6. The predicted octanol–water partition coefficient (Wildman–Crippen LogP) is 3.01. The summed E-state index contributed by atoms with van der Waals surface area (Å²) in [5.41, 5.74) is 7.35. The number of rotatable bonds is 12. The van der Waals surface area contributed by atoms with Crippen LogP contribution in [0.1, 0.15) is 57.1 Å². The molecule has 1 aliphatic rings. The van der Waals surface area contributed by atoms with Gasteiger partial charge in [0.25, 0.3) is 0 Å². The molecule has 0 spiro atoms. The maximum absolute atomic E-state index is 12.2. The average molecular weight is 443 g/mol. The van der Waals surface area contributed by atoms with Gasteiger partial charge >= 0.3 is 0 Å². The van der Waals surface area contributed by atoms with Crippen LogP contribution in [-0.2, 0) is 4.79 Å². The van der Waals surface area contributed by atoms with Gasteiger partial charge in [-0.2, -0.15) is 0 Å². The molecule has 3 rings (SSSR count). The highest BCUT2D eigenvalue weighted by Crippen LogP contribution is 2.27. The number of piperidine rings is 1. The van der Waals surface area contributed by atoms with Crippen LogP contribution < -0.4 is 15.8 Å². The van der Waals surface area contributed by atoms with Crippen LogP contribution in [0.2, 0.25) is 0 Å². The minimum atomic E-state index is -0.724. The summed E-state index contributed by atoms with van der Waals surface area (Å²) in [6.45, 7) is 5.22. The van der Waals surface area contributed by atoms with Crippen molar-refractivity contribution in [3.63, 3.8) is 0 Å². The van der Waals surface area contributed by atoms with Crippen molar-refractivity contribution in [2.75, 3.05) is 33.3 Å². The summed E-state index contributed by atoms with van der Waals surface area (Å²) >= 11 is 0. The van der Waals surface area contributed by atoms with Crippen LogP contribution in [0.25, 0.3) is 10.9 Å². The van der Waals surface area contributed by atoms with Gasteiger partial charge in [-0.3, -0.25) is 9.78 Å². The fraction of sp³-hybridized carbons (Fsp3) is 0.600. The van der Waals surface area contributed by atoms with Crippen molar-refractivity contribution in [2.24, 2.45) is 11.7 Å². The van der Waals surface area contributed by atoms with Gasteiger partial charge in [0.15, 0.2) is 0 Å². The van der Waals surface area contributed by atoms with E-state index < -0.39 is 6.10 Å². The fourth-order valence-electron chi connectivity index (χ4n) is 4.63. The van der Waals surface area contributed by atoms with Crippen LogP contribution in [0.4, 0.5) is 0 Å². The molecule has 1 fully saturated rings. The molecule has 0 radical (unpaired) electrons. The van der Waals surface area contributed by atoms with E-state index in [1.165, 1.54) is 32.1 Å². The Hall–Kier alpha value is -2.22. The molecule has 0 saturated carbocycles. The van der Waals surface area contributed by atoms with Crippen LogP contribution >= 0.6 is 0 Å². The first-order valence-electron chi connectivity index (χ1n) is 11.9. The van der Waals surface area contributed by atoms with Crippen LogP contribution in [-0.4, -0.2) is 60.2 Å². The third kappa shape index (κ3) is 6.40. The second-order valence-electron chi connectivity index (χ2n) is 8.83. The number of unbranched alkanes of at least 4 members (excludes halogenated alkanes) is 4. The van der Waals surface area contributed by atoms with E-state index in [1.54, 1.807) is 13.3 Å². The minimum Gasteiger partial charge on any atom is -0.497 e. The first kappa shape index (κ1) is 24.4. The molecule has 2 heterocycles. The van der Waals surface area contributed by atoms with Gasteiger partial charge in [0, 0.05) is 30.7 Å². The lowest BCUT2D eigenvalue weighted by Crippen LogP contribution is -2.54. The van der Waals surface area contributed by atoms with E-state index in [4.69, 9.17) is 10.5 Å². The number of hydrogen-bond donors (Lipinski definition) is 3. The molecule has 0 bridgehead atoms. The summed E-state index contributed by atoms with van der Waals surface area (Å²) in [6, 6.07) is 7.45. The maximum atomic E-state index is 12.2. The van der Waals surface area contributed by atoms with Gasteiger partial charge < -0.3 is 25.8 Å². The Morgan fingerprint density at radius 3 is 2.88 bits per heavy atom. The smallest absolute Gasteiger partial charge is 0.223 e. The number of likely N-dealkylation sites (tertiary alicyclic amines) is 1. The molecule has 7 nitrogen and oxygen atoms in total. The molecule has 0 aliphatic carbocycles. The molecule has 1 amide bonds. The van der Waals surface area contributed by atoms with Gasteiger partial charge in [-0.1, -0.05) is 32.6 Å². The van der Waals surface area contributed by atoms with Crippen LogP contribution in [0.3, 0.4) is 0 Å². The quantitative estimate of drug-likeness (QED) is 0.437. The Balaban J connectivity index is 1.58. The Labute approximate surface area is 191 Å². The number of aromatic nitrogens is 1. The van der Waals surface area contributed by atoms with Crippen molar-refractivity contribution in [3.05, 3.63) is 36.0 Å². The topological polar surface area (TPSA) is 101 Å². The van der Waals surface area contributed by atoms with Crippen molar-refractivity contribution < 1.29 is 14.6 Å². The number of fused-ring (bicyclic) bond motifs is 1. The minimum absolute atomic E-state index is 0.0267. The molecule has 3 atom stereocenters. The number of aliphatic hydroxyl groups is 1. The number of benzene rings is 1. The van der Waals surface area contributed by atoms with E-state index in [0.29, 0.717) is 13.1 Å². The van der Waals surface area contributed by atoms with Crippen molar-refractivity contribution in [1.82, 2.24) is 15.2 Å². The highest BCUT2D eigenvalue weighted by Gasteiger charge is 2.33. The second-order valence-corrected chi connectivity index (χ2v) is 8.83. The monoisotopic (exact) mass is 442 g/mol. The summed E-state index contributed by atoms with van der Waals surface area (Å²) in [5.74, 6) is 0.204. The molecule has 4 N–H and O–H groups in total. The van der Waals surface area contributed by atoms with Crippen LogP contribution in [0.5, 0.6) is 5.75 Å². The first-order chi connectivity index (χ1) is 15.5. The lowest BCUT2D eigenvalue weighted by atomic mass is 9.90. The number of primary amides is 1. The molecule has 176 valence electrons. The highest BCUT2D eigenvalue weighted by molar-refractivity contribution is 5.83.